The van der Waals surface area contributed by atoms with Crippen LogP contribution in [0.4, 0.5) is 11.4 Å². The molecule has 0 bridgehead atoms. The molecule has 0 saturated heterocycles. The number of carbonyl (C=O) groups is 2. The van der Waals surface area contributed by atoms with Crippen LogP contribution in [0.2, 0.25) is 0 Å². The number of carbonyl (C=O) groups excluding carboxylic acids is 2. The normalized spacial score (nSPS) is 10.3. The zero-order valence-electron chi connectivity index (χ0n) is 16.1. The molecule has 27 heavy (non-hydrogen) atoms. The highest BCUT2D eigenvalue weighted by atomic mass is 16.5. The Bertz CT molecular complexity index is 770. The molecule has 0 unspecified atom stereocenters. The number of amides is 2. The third-order valence-electron chi connectivity index (χ3n) is 4.13. The summed E-state index contributed by atoms with van der Waals surface area (Å²) in [4.78, 5) is 24.4. The van der Waals surface area contributed by atoms with E-state index >= 15 is 0 Å². The van der Waals surface area contributed by atoms with Gasteiger partial charge in [0.15, 0.2) is 0 Å². The maximum atomic E-state index is 12.2. The number of hydrogen-bond acceptors (Lipinski definition) is 4. The van der Waals surface area contributed by atoms with E-state index in [1.54, 1.807) is 25.3 Å². The first-order valence-corrected chi connectivity index (χ1v) is 8.98. The molecule has 144 valence electrons. The van der Waals surface area contributed by atoms with Crippen molar-refractivity contribution in [1.29, 1.82) is 0 Å². The van der Waals surface area contributed by atoms with Gasteiger partial charge in [-0.3, -0.25) is 9.59 Å². The average Bonchev–Trinajstić information content (AvgIpc) is 2.66. The minimum Gasteiger partial charge on any atom is -0.385 e. The summed E-state index contributed by atoms with van der Waals surface area (Å²) in [6, 6.07) is 13.0. The van der Waals surface area contributed by atoms with Gasteiger partial charge in [-0.25, -0.2) is 0 Å². The van der Waals surface area contributed by atoms with Crippen molar-refractivity contribution in [3.63, 3.8) is 0 Å². The highest BCUT2D eigenvalue weighted by molar-refractivity contribution is 5.96. The van der Waals surface area contributed by atoms with E-state index in [0.29, 0.717) is 18.7 Å². The van der Waals surface area contributed by atoms with Gasteiger partial charge in [-0.15, -0.1) is 0 Å². The molecule has 6 heteroatoms. The van der Waals surface area contributed by atoms with Crippen LogP contribution in [0.25, 0.3) is 0 Å². The molecule has 0 aliphatic rings. The summed E-state index contributed by atoms with van der Waals surface area (Å²) in [7, 11) is 1.63. The van der Waals surface area contributed by atoms with E-state index in [1.807, 2.05) is 38.1 Å². The number of benzene rings is 2. The molecule has 0 spiro atoms. The highest BCUT2D eigenvalue weighted by Gasteiger charge is 2.09. The van der Waals surface area contributed by atoms with Gasteiger partial charge < -0.3 is 20.7 Å². The minimum atomic E-state index is -0.144. The van der Waals surface area contributed by atoms with E-state index in [-0.39, 0.29) is 18.4 Å². The van der Waals surface area contributed by atoms with Crippen LogP contribution in [0.1, 0.15) is 27.9 Å². The molecular formula is C21H27N3O3. The number of nitrogens with one attached hydrogen (secondary N) is 3. The van der Waals surface area contributed by atoms with Crippen LogP contribution in [0.5, 0.6) is 0 Å². The molecule has 2 amide bonds. The van der Waals surface area contributed by atoms with Gasteiger partial charge in [0.25, 0.3) is 5.91 Å². The predicted octanol–water partition coefficient (Wildman–Crippen LogP) is 3.12. The zero-order chi connectivity index (χ0) is 19.6. The fourth-order valence-electron chi connectivity index (χ4n) is 2.67. The van der Waals surface area contributed by atoms with Crippen molar-refractivity contribution in [2.24, 2.45) is 0 Å². The van der Waals surface area contributed by atoms with Crippen LogP contribution in [0, 0.1) is 13.8 Å². The van der Waals surface area contributed by atoms with Crippen molar-refractivity contribution >= 4 is 23.2 Å². The maximum absolute atomic E-state index is 12.2. The van der Waals surface area contributed by atoms with Crippen molar-refractivity contribution in [1.82, 2.24) is 5.32 Å². The van der Waals surface area contributed by atoms with Gasteiger partial charge in [-0.05, 0) is 49.6 Å². The van der Waals surface area contributed by atoms with Crippen molar-refractivity contribution < 1.29 is 14.3 Å². The van der Waals surface area contributed by atoms with Crippen LogP contribution in [-0.2, 0) is 9.53 Å². The largest absolute Gasteiger partial charge is 0.385 e. The lowest BCUT2D eigenvalue weighted by atomic mass is 10.1. The number of rotatable bonds is 9. The van der Waals surface area contributed by atoms with E-state index in [2.05, 4.69) is 16.0 Å². The van der Waals surface area contributed by atoms with E-state index < -0.39 is 0 Å². The van der Waals surface area contributed by atoms with Gasteiger partial charge in [0.05, 0.1) is 6.54 Å². The molecule has 0 aromatic heterocycles. The summed E-state index contributed by atoms with van der Waals surface area (Å²) >= 11 is 0. The molecule has 0 saturated carbocycles. The summed E-state index contributed by atoms with van der Waals surface area (Å²) < 4.78 is 4.96. The van der Waals surface area contributed by atoms with Gasteiger partial charge in [-0.1, -0.05) is 24.3 Å². The van der Waals surface area contributed by atoms with Crippen LogP contribution in [0.15, 0.2) is 42.5 Å². The molecule has 0 radical (unpaired) electrons. The summed E-state index contributed by atoms with van der Waals surface area (Å²) in [5.74, 6) is -0.281. The number of hydrogen-bond donors (Lipinski definition) is 3. The second-order valence-corrected chi connectivity index (χ2v) is 6.35. The standard InChI is InChI=1S/C21H27N3O3/c1-15-7-4-8-16(2)20(15)24-19(25)14-23-18-10-5-9-17(13-18)21(26)22-11-6-12-27-3/h4-5,7-10,13,23H,6,11-12,14H2,1-3H3,(H,22,26)(H,24,25). The van der Waals surface area contributed by atoms with Crippen LogP contribution >= 0.6 is 0 Å². The fraction of sp³-hybridized carbons (Fsp3) is 0.333. The van der Waals surface area contributed by atoms with Gasteiger partial charge in [0.1, 0.15) is 0 Å². The predicted molar refractivity (Wildman–Crippen MR) is 108 cm³/mol. The SMILES string of the molecule is COCCCNC(=O)c1cccc(NCC(=O)Nc2c(C)cccc2C)c1. The Labute approximate surface area is 160 Å². The van der Waals surface area contributed by atoms with Crippen LogP contribution < -0.4 is 16.0 Å². The summed E-state index contributed by atoms with van der Waals surface area (Å²) in [6.07, 6.45) is 0.763. The third-order valence-corrected chi connectivity index (χ3v) is 4.13. The Morgan fingerprint density at radius 3 is 2.44 bits per heavy atom. The van der Waals surface area contributed by atoms with Gasteiger partial charge >= 0.3 is 0 Å². The topological polar surface area (TPSA) is 79.5 Å². The molecule has 0 atom stereocenters. The van der Waals surface area contributed by atoms with E-state index in [1.165, 1.54) is 0 Å². The summed E-state index contributed by atoms with van der Waals surface area (Å²) in [6.45, 7) is 5.21. The molecule has 2 aromatic carbocycles. The average molecular weight is 369 g/mol. The lowest BCUT2D eigenvalue weighted by Gasteiger charge is -2.13. The van der Waals surface area contributed by atoms with Crippen LogP contribution in [0.3, 0.4) is 0 Å². The lowest BCUT2D eigenvalue weighted by Crippen LogP contribution is -2.25. The van der Waals surface area contributed by atoms with Crippen LogP contribution in [-0.4, -0.2) is 38.6 Å². The zero-order valence-corrected chi connectivity index (χ0v) is 16.1. The summed E-state index contributed by atoms with van der Waals surface area (Å²) in [5.41, 5.74) is 4.16. The molecule has 0 aliphatic heterocycles. The minimum absolute atomic E-state index is 0.118. The van der Waals surface area contributed by atoms with Crippen molar-refractivity contribution in [2.45, 2.75) is 20.3 Å². The summed E-state index contributed by atoms with van der Waals surface area (Å²) in [5, 5.41) is 8.84. The first-order valence-electron chi connectivity index (χ1n) is 8.98. The van der Waals surface area contributed by atoms with E-state index in [4.69, 9.17) is 4.74 Å². The Balaban J connectivity index is 1.88. The molecular weight excluding hydrogens is 342 g/mol. The smallest absolute Gasteiger partial charge is 0.251 e. The van der Waals surface area contributed by atoms with Crippen molar-refractivity contribution in [3.8, 4) is 0 Å². The second kappa shape index (κ2) is 10.3. The Kier molecular flexibility index (Phi) is 7.82. The molecule has 3 N–H and O–H groups in total. The molecule has 6 nitrogen and oxygen atoms in total. The lowest BCUT2D eigenvalue weighted by molar-refractivity contribution is -0.114. The maximum Gasteiger partial charge on any atom is 0.251 e. The van der Waals surface area contributed by atoms with Gasteiger partial charge in [0, 0.05) is 37.2 Å². The Hall–Kier alpha value is -2.86. The monoisotopic (exact) mass is 369 g/mol. The highest BCUT2D eigenvalue weighted by Crippen LogP contribution is 2.19. The molecule has 0 aliphatic carbocycles. The Morgan fingerprint density at radius 2 is 1.74 bits per heavy atom. The molecule has 2 rings (SSSR count). The third kappa shape index (κ3) is 6.42. The van der Waals surface area contributed by atoms with Gasteiger partial charge in [0.2, 0.25) is 5.91 Å². The number of anilines is 2. The van der Waals surface area contributed by atoms with Crippen molar-refractivity contribution in [3.05, 3.63) is 59.2 Å². The van der Waals surface area contributed by atoms with E-state index in [0.717, 1.165) is 28.9 Å². The fourth-order valence-corrected chi connectivity index (χ4v) is 2.67. The number of methoxy groups -OCH3 is 1. The molecule has 0 fully saturated rings. The van der Waals surface area contributed by atoms with Gasteiger partial charge in [-0.2, -0.15) is 0 Å². The Morgan fingerprint density at radius 1 is 1.04 bits per heavy atom. The quantitative estimate of drug-likeness (QED) is 0.594. The molecule has 2 aromatic rings. The number of ether oxygens (including phenoxy) is 1. The second-order valence-electron chi connectivity index (χ2n) is 6.35. The first kappa shape index (κ1) is 20.5. The molecule has 0 heterocycles. The van der Waals surface area contributed by atoms with E-state index in [9.17, 15) is 9.59 Å². The number of para-hydroxylation sites is 1. The van der Waals surface area contributed by atoms with Crippen molar-refractivity contribution in [2.75, 3.05) is 37.4 Å². The first-order chi connectivity index (χ1) is 13.0. The number of aryl methyl sites for hydroxylation is 2.